The number of anilines is 3. The smallest absolute Gasteiger partial charge is 0.365 e. The molecule has 9 N–H and O–H groups in total. The molecule has 0 bridgehead atoms. The van der Waals surface area contributed by atoms with E-state index in [1.807, 2.05) is 9.80 Å². The largest absolute Gasteiger partial charge is 0.419 e. The monoisotopic (exact) mass is 1360 g/mol. The molecule has 6 heterocycles. The van der Waals surface area contributed by atoms with Gasteiger partial charge in [0.1, 0.15) is 16.7 Å². The summed E-state index contributed by atoms with van der Waals surface area (Å²) < 4.78 is 127. The van der Waals surface area contributed by atoms with Crippen LogP contribution in [0, 0.1) is 63.6 Å². The lowest BCUT2D eigenvalue weighted by molar-refractivity contribution is -0.322. The van der Waals surface area contributed by atoms with Crippen molar-refractivity contribution in [1.82, 2.24) is 44.0 Å². The first-order chi connectivity index (χ1) is 45.3. The van der Waals surface area contributed by atoms with Gasteiger partial charge < -0.3 is 37.9 Å². The van der Waals surface area contributed by atoms with Crippen molar-refractivity contribution in [3.8, 4) is 18.2 Å². The number of primary amides is 3. The number of alkyl halides is 9. The number of nitrogens with one attached hydrogen (secondary N) is 3. The Bertz CT molecular complexity index is 3360. The Balaban J connectivity index is 0.000000157. The molecule has 0 unspecified atom stereocenters. The normalized spacial score (nSPS) is 27.2. The van der Waals surface area contributed by atoms with Gasteiger partial charge in [-0.1, -0.05) is 0 Å². The van der Waals surface area contributed by atoms with E-state index in [0.29, 0.717) is 77.0 Å². The summed E-state index contributed by atoms with van der Waals surface area (Å²) in [6.07, 6.45) is 3.59. The zero-order chi connectivity index (χ0) is 69.5. The van der Waals surface area contributed by atoms with Crippen LogP contribution in [-0.4, -0.2) is 168 Å². The summed E-state index contributed by atoms with van der Waals surface area (Å²) in [5.41, 5.74) is 12.5. The zero-order valence-corrected chi connectivity index (χ0v) is 53.0. The number of hydrogen-bond donors (Lipinski definition) is 6. The molecule has 6 saturated carbocycles. The number of carbonyl (C=O) groups excluding carboxylic acids is 6. The van der Waals surface area contributed by atoms with Crippen LogP contribution >= 0.6 is 0 Å². The number of hydrogen-bond acceptors (Lipinski definition) is 16. The summed E-state index contributed by atoms with van der Waals surface area (Å²) in [6.45, 7) is 1.21. The van der Waals surface area contributed by atoms with E-state index in [2.05, 4.69) is 49.5 Å². The average Bonchev–Trinajstić information content (AvgIpc) is 1.06. The van der Waals surface area contributed by atoms with Crippen LogP contribution in [-0.2, 0) is 35.7 Å². The van der Waals surface area contributed by atoms with Crippen LogP contribution in [0.25, 0.3) is 0 Å². The number of nitriles is 3. The van der Waals surface area contributed by atoms with E-state index < -0.39 is 70.3 Å². The lowest BCUT2D eigenvalue weighted by Gasteiger charge is -2.54. The number of amides is 6. The standard InChI is InChI=1S/C22H29F3N6O3.2C20H25F3N6O2/c1-2-34-21(22(23,24)25)12-30(13-21)15-5-7-20(8-6-15,9-10-26)31-11-16(17(27)32)18(29-31)28-19(33)14-3-4-14;2*21-20(22,23)13-9-28(10-13)14-3-5-19(6-4-14,7-8-24)29-11-15(16(25)30)17(27-29)26-18(31)12-1-2-12/h11,14-15H,2-9,12-13H2,1H3,(H2,27,32)(H,28,29,33);2*11-14H,1-7,9-10H2,(H2,25,30)(H,26,27,31). The molecule has 0 aromatic carbocycles. The van der Waals surface area contributed by atoms with Crippen molar-refractivity contribution in [2.75, 3.05) is 61.8 Å². The molecule has 3 saturated heterocycles. The first-order valence-electron chi connectivity index (χ1n) is 32.6. The molecule has 96 heavy (non-hydrogen) atoms. The Morgan fingerprint density at radius 1 is 0.490 bits per heavy atom. The summed E-state index contributed by atoms with van der Waals surface area (Å²) in [4.78, 5) is 77.8. The summed E-state index contributed by atoms with van der Waals surface area (Å²) >= 11 is 0. The predicted octanol–water partition coefficient (Wildman–Crippen LogP) is 7.29. The van der Waals surface area contributed by atoms with Gasteiger partial charge in [-0.25, -0.2) is 0 Å². The number of rotatable bonds is 20. The highest BCUT2D eigenvalue weighted by atomic mass is 19.4. The van der Waals surface area contributed by atoms with E-state index in [9.17, 15) is 84.1 Å². The van der Waals surface area contributed by atoms with Crippen LogP contribution in [0.15, 0.2) is 18.6 Å². The SMILES string of the molecule is CCOC1(C(F)(F)F)CN(C2CCC(CC#N)(n3cc(C(N)=O)c(NC(=O)C4CC4)n3)CC2)C1.N#CCC1(n2cc(C(N)=O)c(NC(=O)C3CC3)n2)CCC(N2CC(C(F)(F)F)C2)CC1.N#CCC1(n2cc(C(N)=O)c(NC(=O)C3CC3)n2)CCC(N2CC(C(F)(F)F)C2)CC1. The third-order valence-corrected chi connectivity index (χ3v) is 21.0. The van der Waals surface area contributed by atoms with Crippen molar-refractivity contribution in [1.29, 1.82) is 15.8 Å². The van der Waals surface area contributed by atoms with E-state index in [1.165, 1.54) is 18.6 Å². The van der Waals surface area contributed by atoms with Gasteiger partial charge in [-0.05, 0) is 122 Å². The number of ether oxygens (including phenoxy) is 1. The maximum atomic E-state index is 13.5. The van der Waals surface area contributed by atoms with Crippen LogP contribution in [0.4, 0.5) is 57.0 Å². The number of nitrogens with two attached hydrogens (primary N) is 3. The molecular weight excluding hydrogens is 1280 g/mol. The topological polar surface area (TPSA) is 360 Å². The molecule has 6 aliphatic carbocycles. The van der Waals surface area contributed by atoms with E-state index in [1.54, 1.807) is 25.9 Å². The second kappa shape index (κ2) is 27.6. The van der Waals surface area contributed by atoms with E-state index in [4.69, 9.17) is 21.9 Å². The van der Waals surface area contributed by atoms with Crippen LogP contribution in [0.5, 0.6) is 0 Å². The third kappa shape index (κ3) is 15.3. The summed E-state index contributed by atoms with van der Waals surface area (Å²) in [5.74, 6) is -5.31. The molecule has 3 aromatic rings. The van der Waals surface area contributed by atoms with Crippen molar-refractivity contribution in [2.24, 2.45) is 46.8 Å². The highest BCUT2D eigenvalue weighted by molar-refractivity contribution is 6.04. The van der Waals surface area contributed by atoms with Gasteiger partial charge in [0.25, 0.3) is 17.7 Å². The van der Waals surface area contributed by atoms with Gasteiger partial charge in [-0.2, -0.15) is 70.6 Å². The number of halogens is 9. The number of aromatic nitrogens is 6. The van der Waals surface area contributed by atoms with Crippen molar-refractivity contribution in [3.63, 3.8) is 0 Å². The van der Waals surface area contributed by atoms with E-state index in [-0.39, 0.29) is 153 Å². The quantitative estimate of drug-likeness (QED) is 0.0605. The first-order valence-corrected chi connectivity index (χ1v) is 32.6. The van der Waals surface area contributed by atoms with E-state index >= 15 is 0 Å². The second-order valence-corrected chi connectivity index (χ2v) is 27.5. The van der Waals surface area contributed by atoms with Gasteiger partial charge in [-0.3, -0.25) is 57.5 Å². The molecule has 0 atom stereocenters. The fraction of sp³-hybridized carbons (Fsp3) is 0.710. The Hall–Kier alpha value is -7.87. The molecular formula is C62H79F9N18O7. The summed E-state index contributed by atoms with van der Waals surface area (Å²) in [5, 5.41) is 49.6. The molecule has 0 spiro atoms. The maximum Gasteiger partial charge on any atom is 0.419 e. The van der Waals surface area contributed by atoms with Gasteiger partial charge in [0.05, 0.1) is 65.9 Å². The number of nitrogens with zero attached hydrogens (tertiary/aromatic N) is 12. The predicted molar refractivity (Wildman–Crippen MR) is 322 cm³/mol. The minimum absolute atomic E-state index is 0.00951. The van der Waals surface area contributed by atoms with E-state index in [0.717, 1.165) is 38.5 Å². The van der Waals surface area contributed by atoms with Crippen molar-refractivity contribution >= 4 is 52.9 Å². The molecule has 3 aromatic heterocycles. The summed E-state index contributed by atoms with van der Waals surface area (Å²) in [6, 6.07) is 6.53. The Kier molecular flexibility index (Phi) is 20.4. The van der Waals surface area contributed by atoms with Crippen LogP contribution < -0.4 is 33.2 Å². The minimum atomic E-state index is -4.43. The molecule has 12 rings (SSSR count). The fourth-order valence-corrected chi connectivity index (χ4v) is 14.3. The lowest BCUT2D eigenvalue weighted by Crippen LogP contribution is -2.72. The van der Waals surface area contributed by atoms with Crippen molar-refractivity contribution < 1.29 is 73.0 Å². The van der Waals surface area contributed by atoms with Crippen LogP contribution in [0.3, 0.4) is 0 Å². The van der Waals surface area contributed by atoms with Gasteiger partial charge in [0, 0.05) is 100 Å². The number of carbonyl (C=O) groups is 6. The molecule has 9 aliphatic rings. The van der Waals surface area contributed by atoms with Crippen molar-refractivity contribution in [2.45, 2.75) is 201 Å². The fourth-order valence-electron chi connectivity index (χ4n) is 14.3. The molecule has 9 fully saturated rings. The summed E-state index contributed by atoms with van der Waals surface area (Å²) in [7, 11) is 0. The molecule has 522 valence electrons. The highest BCUT2D eigenvalue weighted by Gasteiger charge is 2.64. The van der Waals surface area contributed by atoms with Gasteiger partial charge in [-0.15, -0.1) is 0 Å². The molecule has 0 radical (unpaired) electrons. The highest BCUT2D eigenvalue weighted by Crippen LogP contribution is 2.49. The minimum Gasteiger partial charge on any atom is -0.365 e. The molecule has 3 aliphatic heterocycles. The average molecular weight is 1360 g/mol. The first kappa shape index (κ1) is 70.9. The Morgan fingerprint density at radius 2 is 0.760 bits per heavy atom. The lowest BCUT2D eigenvalue weighted by atomic mass is 9.75. The molecule has 25 nitrogen and oxygen atoms in total. The maximum absolute atomic E-state index is 13.5. The number of likely N-dealkylation sites (tertiary alicyclic amines) is 3. The van der Waals surface area contributed by atoms with Crippen molar-refractivity contribution in [3.05, 3.63) is 35.3 Å². The van der Waals surface area contributed by atoms with Gasteiger partial charge in [0.2, 0.25) is 17.7 Å². The van der Waals surface area contributed by atoms with Gasteiger partial charge in [0.15, 0.2) is 23.1 Å². The Labute approximate surface area is 546 Å². The molecule has 6 amide bonds. The van der Waals surface area contributed by atoms with Crippen LogP contribution in [0.2, 0.25) is 0 Å². The van der Waals surface area contributed by atoms with Gasteiger partial charge >= 0.3 is 18.5 Å². The Morgan fingerprint density at radius 3 is 0.979 bits per heavy atom. The zero-order valence-electron chi connectivity index (χ0n) is 53.0. The molecule has 34 heteroatoms. The third-order valence-electron chi connectivity index (χ3n) is 21.0. The second-order valence-electron chi connectivity index (χ2n) is 27.5. The van der Waals surface area contributed by atoms with Crippen LogP contribution in [0.1, 0.15) is 173 Å².